The number of hydrogen-bond acceptors (Lipinski definition) is 5. The number of ether oxygens (including phenoxy) is 1. The van der Waals surface area contributed by atoms with Crippen molar-refractivity contribution in [3.05, 3.63) is 0 Å². The molecule has 0 aromatic heterocycles. The highest BCUT2D eigenvalue weighted by molar-refractivity contribution is 7.88. The molecule has 18 heavy (non-hydrogen) atoms. The molecule has 1 fully saturated rings. The summed E-state index contributed by atoms with van der Waals surface area (Å²) in [6, 6.07) is 0. The molecule has 108 valence electrons. The molecule has 0 aromatic carbocycles. The van der Waals surface area contributed by atoms with Crippen LogP contribution in [-0.2, 0) is 14.8 Å². The number of piperidine rings is 1. The first-order valence-corrected chi connectivity index (χ1v) is 8.23. The van der Waals surface area contributed by atoms with Crippen LogP contribution in [0.4, 0.5) is 0 Å². The summed E-state index contributed by atoms with van der Waals surface area (Å²) in [5.74, 6) is 0.381. The number of hydrogen-bond donors (Lipinski definition) is 2. The highest BCUT2D eigenvalue weighted by Gasteiger charge is 2.25. The summed E-state index contributed by atoms with van der Waals surface area (Å²) in [5, 5.41) is 11.8. The summed E-state index contributed by atoms with van der Waals surface area (Å²) in [6.07, 6.45) is 3.27. The summed E-state index contributed by atoms with van der Waals surface area (Å²) in [7, 11) is -3.05. The van der Waals surface area contributed by atoms with Crippen molar-refractivity contribution in [2.45, 2.75) is 12.8 Å². The molecule has 0 spiro atoms. The summed E-state index contributed by atoms with van der Waals surface area (Å²) >= 11 is 0. The van der Waals surface area contributed by atoms with Crippen LogP contribution in [0.1, 0.15) is 12.8 Å². The van der Waals surface area contributed by atoms with Gasteiger partial charge in [0, 0.05) is 19.6 Å². The van der Waals surface area contributed by atoms with Gasteiger partial charge in [-0.3, -0.25) is 0 Å². The summed E-state index contributed by atoms with van der Waals surface area (Å²) in [6.45, 7) is 3.80. The van der Waals surface area contributed by atoms with Crippen LogP contribution in [-0.4, -0.2) is 70.1 Å². The maximum atomic E-state index is 11.4. The van der Waals surface area contributed by atoms with Gasteiger partial charge in [0.15, 0.2) is 0 Å². The van der Waals surface area contributed by atoms with Gasteiger partial charge >= 0.3 is 0 Å². The van der Waals surface area contributed by atoms with Crippen LogP contribution in [0.3, 0.4) is 0 Å². The van der Waals surface area contributed by atoms with Crippen molar-refractivity contribution in [1.29, 1.82) is 0 Å². The Morgan fingerprint density at radius 2 is 2.22 bits per heavy atom. The SMILES string of the molecule is CS(=O)(=O)N1CCCC(CNCCOCCO)C1. The molecule has 1 aliphatic heterocycles. The minimum atomic E-state index is -3.05. The molecule has 1 rings (SSSR count). The molecule has 0 aliphatic carbocycles. The quantitative estimate of drug-likeness (QED) is 0.572. The largest absolute Gasteiger partial charge is 0.394 e. The van der Waals surface area contributed by atoms with Crippen molar-refractivity contribution in [1.82, 2.24) is 9.62 Å². The molecule has 1 unspecified atom stereocenters. The summed E-state index contributed by atoms with van der Waals surface area (Å²) in [4.78, 5) is 0. The molecule has 2 N–H and O–H groups in total. The van der Waals surface area contributed by atoms with Crippen molar-refractivity contribution in [2.75, 3.05) is 52.3 Å². The number of aliphatic hydroxyl groups excluding tert-OH is 1. The van der Waals surface area contributed by atoms with Crippen LogP contribution >= 0.6 is 0 Å². The van der Waals surface area contributed by atoms with Gasteiger partial charge in [-0.1, -0.05) is 0 Å². The van der Waals surface area contributed by atoms with E-state index < -0.39 is 10.0 Å². The van der Waals surface area contributed by atoms with Crippen molar-refractivity contribution < 1.29 is 18.3 Å². The predicted octanol–water partition coefficient (Wildman–Crippen LogP) is -0.743. The van der Waals surface area contributed by atoms with Crippen LogP contribution in [0.2, 0.25) is 0 Å². The highest BCUT2D eigenvalue weighted by Crippen LogP contribution is 2.17. The number of aliphatic hydroxyl groups is 1. The Morgan fingerprint density at radius 1 is 1.44 bits per heavy atom. The van der Waals surface area contributed by atoms with Gasteiger partial charge in [0.25, 0.3) is 0 Å². The van der Waals surface area contributed by atoms with Crippen LogP contribution in [0.15, 0.2) is 0 Å². The van der Waals surface area contributed by atoms with E-state index in [0.29, 0.717) is 32.2 Å². The number of nitrogens with one attached hydrogen (secondary N) is 1. The lowest BCUT2D eigenvalue weighted by Gasteiger charge is -2.31. The molecular formula is C11H24N2O4S. The second-order valence-corrected chi connectivity index (χ2v) is 6.65. The second-order valence-electron chi connectivity index (χ2n) is 4.67. The Hall–Kier alpha value is -0.210. The lowest BCUT2D eigenvalue weighted by atomic mass is 10.00. The van der Waals surface area contributed by atoms with Gasteiger partial charge in [0.1, 0.15) is 0 Å². The average molecular weight is 280 g/mol. The molecule has 0 saturated carbocycles. The molecule has 1 atom stereocenters. The van der Waals surface area contributed by atoms with Crippen molar-refractivity contribution >= 4 is 10.0 Å². The lowest BCUT2D eigenvalue weighted by molar-refractivity contribution is 0.0930. The Balaban J connectivity index is 2.15. The van der Waals surface area contributed by atoms with Gasteiger partial charge in [-0.25, -0.2) is 12.7 Å². The van der Waals surface area contributed by atoms with Gasteiger partial charge in [-0.05, 0) is 25.3 Å². The number of rotatable bonds is 8. The molecule has 7 heteroatoms. The van der Waals surface area contributed by atoms with Gasteiger partial charge in [-0.15, -0.1) is 0 Å². The molecule has 6 nitrogen and oxygen atoms in total. The van der Waals surface area contributed by atoms with Crippen molar-refractivity contribution in [3.8, 4) is 0 Å². The zero-order chi connectivity index (χ0) is 13.4. The average Bonchev–Trinajstić information content (AvgIpc) is 2.33. The fourth-order valence-corrected chi connectivity index (χ4v) is 3.05. The van der Waals surface area contributed by atoms with Crippen molar-refractivity contribution in [3.63, 3.8) is 0 Å². The smallest absolute Gasteiger partial charge is 0.211 e. The molecular weight excluding hydrogens is 256 g/mol. The maximum absolute atomic E-state index is 11.4. The maximum Gasteiger partial charge on any atom is 0.211 e. The van der Waals surface area contributed by atoms with Crippen LogP contribution in [0.25, 0.3) is 0 Å². The standard InChI is InChI=1S/C11H24N2O4S/c1-18(15,16)13-5-2-3-11(10-13)9-12-4-7-17-8-6-14/h11-12,14H,2-10H2,1H3. The molecule has 0 bridgehead atoms. The molecule has 1 aliphatic rings. The van der Waals surface area contributed by atoms with E-state index in [9.17, 15) is 8.42 Å². The van der Waals surface area contributed by atoms with Crippen molar-refractivity contribution in [2.24, 2.45) is 5.92 Å². The van der Waals surface area contributed by atoms with Crippen LogP contribution in [0, 0.1) is 5.92 Å². The normalized spacial score (nSPS) is 22.2. The monoisotopic (exact) mass is 280 g/mol. The second kappa shape index (κ2) is 8.06. The zero-order valence-corrected chi connectivity index (χ0v) is 11.8. The third kappa shape index (κ3) is 6.10. The van der Waals surface area contributed by atoms with Gasteiger partial charge in [-0.2, -0.15) is 0 Å². The van der Waals surface area contributed by atoms with E-state index in [2.05, 4.69) is 5.32 Å². The first-order chi connectivity index (χ1) is 8.54. The summed E-state index contributed by atoms with van der Waals surface area (Å²) < 4.78 is 29.6. The first-order valence-electron chi connectivity index (χ1n) is 6.38. The molecule has 0 amide bonds. The Bertz CT molecular complexity index is 321. The van der Waals surface area contributed by atoms with Gasteiger partial charge in [0.2, 0.25) is 10.0 Å². The molecule has 0 aromatic rings. The fourth-order valence-electron chi connectivity index (χ4n) is 2.11. The topological polar surface area (TPSA) is 78.9 Å². The number of nitrogens with zero attached hydrogens (tertiary/aromatic N) is 1. The fraction of sp³-hybridized carbons (Fsp3) is 1.00. The van der Waals surface area contributed by atoms with E-state index in [4.69, 9.17) is 9.84 Å². The van der Waals surface area contributed by atoms with E-state index in [1.807, 2.05) is 0 Å². The van der Waals surface area contributed by atoms with E-state index >= 15 is 0 Å². The first kappa shape index (κ1) is 15.8. The predicted molar refractivity (Wildman–Crippen MR) is 69.9 cm³/mol. The van der Waals surface area contributed by atoms with E-state index in [0.717, 1.165) is 25.9 Å². The van der Waals surface area contributed by atoms with E-state index in [1.165, 1.54) is 6.26 Å². The van der Waals surface area contributed by atoms with E-state index in [1.54, 1.807) is 4.31 Å². The zero-order valence-electron chi connectivity index (χ0n) is 11.0. The minimum Gasteiger partial charge on any atom is -0.394 e. The third-order valence-electron chi connectivity index (χ3n) is 3.04. The Kier molecular flexibility index (Phi) is 7.10. The number of sulfonamides is 1. The third-order valence-corrected chi connectivity index (χ3v) is 4.31. The van der Waals surface area contributed by atoms with Gasteiger partial charge in [0.05, 0.1) is 26.1 Å². The van der Waals surface area contributed by atoms with Crippen LogP contribution in [0.5, 0.6) is 0 Å². The Labute approximate surface area is 109 Å². The molecule has 1 saturated heterocycles. The van der Waals surface area contributed by atoms with E-state index in [-0.39, 0.29) is 6.61 Å². The van der Waals surface area contributed by atoms with Gasteiger partial charge < -0.3 is 15.2 Å². The minimum absolute atomic E-state index is 0.0476. The summed E-state index contributed by atoms with van der Waals surface area (Å²) in [5.41, 5.74) is 0. The molecule has 0 radical (unpaired) electrons. The van der Waals surface area contributed by atoms with Crippen LogP contribution < -0.4 is 5.32 Å². The molecule has 1 heterocycles. The highest BCUT2D eigenvalue weighted by atomic mass is 32.2. The Morgan fingerprint density at radius 3 is 2.89 bits per heavy atom. The lowest BCUT2D eigenvalue weighted by Crippen LogP contribution is -2.42.